The molecule has 0 atom stereocenters. The summed E-state index contributed by atoms with van der Waals surface area (Å²) in [6.07, 6.45) is 0.116. The minimum atomic E-state index is -5.08. The zero-order valence-corrected chi connectivity index (χ0v) is 21.2. The Balaban J connectivity index is 0.000000540. The minimum Gasteiger partial charge on any atom is -0.475 e. The third-order valence-corrected chi connectivity index (χ3v) is 5.70. The van der Waals surface area contributed by atoms with Gasteiger partial charge in [-0.15, -0.1) is 0 Å². The molecule has 1 aliphatic heterocycles. The van der Waals surface area contributed by atoms with E-state index in [1.165, 1.54) is 32.4 Å². The SMILES string of the molecule is CCN(CCCN1CCCCC1)c1cc(C)nc(Nc2cc(Cl)cc(Cl)c2)n1.O=C(O)C(F)(F)F. The molecule has 0 amide bonds. The molecule has 3 rings (SSSR count). The van der Waals surface area contributed by atoms with Crippen molar-refractivity contribution in [2.75, 3.05) is 42.9 Å². The Morgan fingerprint density at radius 2 is 1.71 bits per heavy atom. The summed E-state index contributed by atoms with van der Waals surface area (Å²) >= 11 is 12.2. The Morgan fingerprint density at radius 3 is 2.26 bits per heavy atom. The summed E-state index contributed by atoms with van der Waals surface area (Å²) in [5.41, 5.74) is 1.71. The van der Waals surface area contributed by atoms with Gasteiger partial charge in [-0.1, -0.05) is 29.6 Å². The lowest BCUT2D eigenvalue weighted by Crippen LogP contribution is -2.33. The van der Waals surface area contributed by atoms with Crippen molar-refractivity contribution in [3.05, 3.63) is 40.0 Å². The van der Waals surface area contributed by atoms with Gasteiger partial charge in [0.25, 0.3) is 0 Å². The quantitative estimate of drug-likeness (QED) is 0.418. The van der Waals surface area contributed by atoms with Crippen LogP contribution in [0.5, 0.6) is 0 Å². The number of carbonyl (C=O) groups is 1. The molecule has 0 saturated carbocycles. The lowest BCUT2D eigenvalue weighted by atomic mass is 10.1. The molecule has 0 aliphatic carbocycles. The number of halogens is 5. The van der Waals surface area contributed by atoms with Gasteiger partial charge in [0, 0.05) is 40.6 Å². The molecule has 2 N–H and O–H groups in total. The molecule has 0 spiro atoms. The highest BCUT2D eigenvalue weighted by Gasteiger charge is 2.38. The normalized spacial score (nSPS) is 14.1. The number of anilines is 3. The number of hydrogen-bond acceptors (Lipinski definition) is 6. The molecule has 2 aromatic rings. The molecular weight excluding hydrogens is 506 g/mol. The van der Waals surface area contributed by atoms with Crippen LogP contribution in [0.3, 0.4) is 0 Å². The topological polar surface area (TPSA) is 81.6 Å². The molecule has 0 radical (unpaired) electrons. The molecule has 1 aliphatic rings. The van der Waals surface area contributed by atoms with Crippen LogP contribution >= 0.6 is 23.2 Å². The summed E-state index contributed by atoms with van der Waals surface area (Å²) in [5.74, 6) is -1.25. The van der Waals surface area contributed by atoms with E-state index in [1.54, 1.807) is 6.07 Å². The Hall–Kier alpha value is -2.30. The van der Waals surface area contributed by atoms with E-state index in [9.17, 15) is 13.2 Å². The highest BCUT2D eigenvalue weighted by molar-refractivity contribution is 6.35. The first kappa shape index (κ1) is 28.9. The van der Waals surface area contributed by atoms with Crippen LogP contribution in [-0.4, -0.2) is 64.8 Å². The monoisotopic (exact) mass is 535 g/mol. The number of aromatic nitrogens is 2. The van der Waals surface area contributed by atoms with Gasteiger partial charge < -0.3 is 20.2 Å². The van der Waals surface area contributed by atoms with Crippen LogP contribution in [0.4, 0.5) is 30.6 Å². The number of likely N-dealkylation sites (tertiary alicyclic amines) is 1. The third kappa shape index (κ3) is 10.5. The standard InChI is InChI=1S/C21H29Cl2N5.C2HF3O2/c1-3-28(11-7-10-27-8-5-4-6-9-27)20-12-16(2)24-21(26-20)25-19-14-17(22)13-18(23)15-19;3-2(4,5)1(6)7/h12-15H,3-11H2,1-2H3,(H,24,25,26);(H,6,7). The molecule has 1 fully saturated rings. The summed E-state index contributed by atoms with van der Waals surface area (Å²) in [6, 6.07) is 7.38. The summed E-state index contributed by atoms with van der Waals surface area (Å²) < 4.78 is 31.7. The molecule has 2 heterocycles. The molecule has 12 heteroatoms. The maximum atomic E-state index is 10.6. The number of aliphatic carboxylic acids is 1. The van der Waals surface area contributed by atoms with Crippen molar-refractivity contribution in [3.63, 3.8) is 0 Å². The number of nitrogens with zero attached hydrogens (tertiary/aromatic N) is 4. The summed E-state index contributed by atoms with van der Waals surface area (Å²) in [4.78, 5) is 23.0. The van der Waals surface area contributed by atoms with Crippen LogP contribution in [0.2, 0.25) is 10.0 Å². The minimum absolute atomic E-state index is 0.558. The predicted molar refractivity (Wildman–Crippen MR) is 133 cm³/mol. The summed E-state index contributed by atoms with van der Waals surface area (Å²) in [7, 11) is 0. The van der Waals surface area contributed by atoms with E-state index >= 15 is 0 Å². The van der Waals surface area contributed by atoms with Gasteiger partial charge in [0.05, 0.1) is 0 Å². The van der Waals surface area contributed by atoms with Gasteiger partial charge in [-0.05, 0) is 70.9 Å². The van der Waals surface area contributed by atoms with Crippen molar-refractivity contribution in [1.29, 1.82) is 0 Å². The van der Waals surface area contributed by atoms with Crippen LogP contribution in [0.1, 0.15) is 38.3 Å². The lowest BCUT2D eigenvalue weighted by Gasteiger charge is -2.28. The molecule has 1 saturated heterocycles. The Bertz CT molecular complexity index is 952. The van der Waals surface area contributed by atoms with Gasteiger partial charge in [-0.25, -0.2) is 9.78 Å². The number of aryl methyl sites for hydroxylation is 1. The molecule has 0 bridgehead atoms. The third-order valence-electron chi connectivity index (χ3n) is 5.26. The first-order valence-corrected chi connectivity index (χ1v) is 12.1. The molecular formula is C23H30Cl2F3N5O2. The Labute approximate surface area is 213 Å². The highest BCUT2D eigenvalue weighted by Crippen LogP contribution is 2.25. The van der Waals surface area contributed by atoms with E-state index in [0.717, 1.165) is 43.3 Å². The fourth-order valence-electron chi connectivity index (χ4n) is 3.63. The molecule has 1 aromatic carbocycles. The number of alkyl halides is 3. The fourth-order valence-corrected chi connectivity index (χ4v) is 4.15. The van der Waals surface area contributed by atoms with Gasteiger partial charge in [0.15, 0.2) is 0 Å². The smallest absolute Gasteiger partial charge is 0.475 e. The highest BCUT2D eigenvalue weighted by atomic mass is 35.5. The number of carboxylic acids is 1. The molecule has 194 valence electrons. The van der Waals surface area contributed by atoms with Gasteiger partial charge in [-0.3, -0.25) is 0 Å². The van der Waals surface area contributed by atoms with Crippen molar-refractivity contribution >= 4 is 46.6 Å². The average Bonchev–Trinajstić information content (AvgIpc) is 2.76. The van der Waals surface area contributed by atoms with Gasteiger partial charge in [-0.2, -0.15) is 18.2 Å². The lowest BCUT2D eigenvalue weighted by molar-refractivity contribution is -0.192. The van der Waals surface area contributed by atoms with Crippen molar-refractivity contribution < 1.29 is 23.1 Å². The van der Waals surface area contributed by atoms with Gasteiger partial charge in [0.2, 0.25) is 5.95 Å². The zero-order valence-electron chi connectivity index (χ0n) is 19.7. The average molecular weight is 536 g/mol. The van der Waals surface area contributed by atoms with E-state index in [1.807, 2.05) is 25.1 Å². The number of hydrogen-bond donors (Lipinski definition) is 2. The van der Waals surface area contributed by atoms with Crippen LogP contribution in [-0.2, 0) is 4.79 Å². The molecule has 35 heavy (non-hydrogen) atoms. The van der Waals surface area contributed by atoms with Crippen LogP contribution in [0.15, 0.2) is 24.3 Å². The second-order valence-corrected chi connectivity index (χ2v) is 8.99. The number of benzene rings is 1. The largest absolute Gasteiger partial charge is 0.490 e. The summed E-state index contributed by atoms with van der Waals surface area (Å²) in [5, 5.41) is 11.5. The van der Waals surface area contributed by atoms with Crippen molar-refractivity contribution in [3.8, 4) is 0 Å². The first-order chi connectivity index (χ1) is 16.5. The van der Waals surface area contributed by atoms with E-state index in [2.05, 4.69) is 27.0 Å². The zero-order chi connectivity index (χ0) is 26.0. The van der Waals surface area contributed by atoms with E-state index in [4.69, 9.17) is 38.1 Å². The van der Waals surface area contributed by atoms with Gasteiger partial charge >= 0.3 is 12.1 Å². The van der Waals surface area contributed by atoms with E-state index < -0.39 is 12.1 Å². The molecule has 0 unspecified atom stereocenters. The maximum absolute atomic E-state index is 10.6. The van der Waals surface area contributed by atoms with Crippen LogP contribution in [0.25, 0.3) is 0 Å². The molecule has 7 nitrogen and oxygen atoms in total. The number of piperidine rings is 1. The fraction of sp³-hybridized carbons (Fsp3) is 0.522. The van der Waals surface area contributed by atoms with Crippen LogP contribution < -0.4 is 10.2 Å². The Kier molecular flexibility index (Phi) is 11.3. The van der Waals surface area contributed by atoms with Crippen LogP contribution in [0, 0.1) is 6.92 Å². The number of nitrogens with one attached hydrogen (secondary N) is 1. The predicted octanol–water partition coefficient (Wildman–Crippen LogP) is 6.17. The second-order valence-electron chi connectivity index (χ2n) is 8.11. The van der Waals surface area contributed by atoms with E-state index in [-0.39, 0.29) is 0 Å². The van der Waals surface area contributed by atoms with Crippen molar-refractivity contribution in [1.82, 2.24) is 14.9 Å². The first-order valence-electron chi connectivity index (χ1n) is 11.3. The summed E-state index contributed by atoms with van der Waals surface area (Å²) in [6.45, 7) is 9.71. The maximum Gasteiger partial charge on any atom is 0.490 e. The molecule has 1 aromatic heterocycles. The van der Waals surface area contributed by atoms with E-state index in [0.29, 0.717) is 16.0 Å². The van der Waals surface area contributed by atoms with Crippen molar-refractivity contribution in [2.45, 2.75) is 45.7 Å². The Morgan fingerprint density at radius 1 is 1.11 bits per heavy atom. The number of carboxylic acid groups (broad SMARTS) is 1. The number of rotatable bonds is 8. The second kappa shape index (κ2) is 13.7. The van der Waals surface area contributed by atoms with Crippen molar-refractivity contribution in [2.24, 2.45) is 0 Å². The van der Waals surface area contributed by atoms with Gasteiger partial charge in [0.1, 0.15) is 5.82 Å².